The molecule has 0 bridgehead atoms. The molecule has 5 nitrogen and oxygen atoms in total. The predicted octanol–water partition coefficient (Wildman–Crippen LogP) is 3.70. The van der Waals surface area contributed by atoms with Crippen LogP contribution in [-0.2, 0) is 4.79 Å². The molecule has 0 radical (unpaired) electrons. The molecule has 1 saturated heterocycles. The average Bonchev–Trinajstić information content (AvgIpc) is 2.70. The Balaban J connectivity index is 1.52. The van der Waals surface area contributed by atoms with Crippen molar-refractivity contribution in [1.82, 2.24) is 4.90 Å². The Morgan fingerprint density at radius 3 is 2.48 bits per heavy atom. The van der Waals surface area contributed by atoms with Crippen molar-refractivity contribution in [2.45, 2.75) is 19.8 Å². The molecule has 0 spiro atoms. The summed E-state index contributed by atoms with van der Waals surface area (Å²) in [6.45, 7) is 2.63. The van der Waals surface area contributed by atoms with Crippen molar-refractivity contribution in [2.75, 3.05) is 25.0 Å². The van der Waals surface area contributed by atoms with Crippen LogP contribution >= 0.6 is 0 Å². The molecule has 152 valence electrons. The molecular weight excluding hydrogens is 378 g/mol. The van der Waals surface area contributed by atoms with Crippen molar-refractivity contribution in [3.8, 4) is 0 Å². The van der Waals surface area contributed by atoms with Crippen LogP contribution in [0.3, 0.4) is 0 Å². The second kappa shape index (κ2) is 9.05. The second-order valence-electron chi connectivity index (χ2n) is 7.22. The molecule has 1 N–H and O–H groups in total. The summed E-state index contributed by atoms with van der Waals surface area (Å²) in [7, 11) is 0. The zero-order valence-corrected chi connectivity index (χ0v) is 16.1. The minimum Gasteiger partial charge on any atom is -0.325 e. The van der Waals surface area contributed by atoms with Crippen LogP contribution in [0, 0.1) is 17.6 Å². The number of likely N-dealkylation sites (tertiary alicyclic amines) is 1. The SMILES string of the molecule is CC(=O)c1cccc(NC(=O)CN2CCC(C(=O)c3cc(F)ccc3F)CC2)c1. The van der Waals surface area contributed by atoms with E-state index in [4.69, 9.17) is 0 Å². The molecule has 0 atom stereocenters. The van der Waals surface area contributed by atoms with Crippen LogP contribution in [0.1, 0.15) is 40.5 Å². The highest BCUT2D eigenvalue weighted by Gasteiger charge is 2.28. The Bertz CT molecular complexity index is 937. The van der Waals surface area contributed by atoms with E-state index < -0.39 is 23.3 Å². The molecule has 1 aliphatic rings. The number of ketones is 2. The van der Waals surface area contributed by atoms with Crippen molar-refractivity contribution in [3.05, 3.63) is 65.2 Å². The van der Waals surface area contributed by atoms with E-state index in [-0.39, 0.29) is 23.8 Å². The van der Waals surface area contributed by atoms with Gasteiger partial charge in [0, 0.05) is 17.2 Å². The van der Waals surface area contributed by atoms with Gasteiger partial charge in [-0.2, -0.15) is 0 Å². The van der Waals surface area contributed by atoms with Crippen molar-refractivity contribution in [3.63, 3.8) is 0 Å². The van der Waals surface area contributed by atoms with Gasteiger partial charge in [0.05, 0.1) is 12.1 Å². The first-order chi connectivity index (χ1) is 13.8. The third-order valence-corrected chi connectivity index (χ3v) is 5.07. The van der Waals surface area contributed by atoms with E-state index in [0.717, 1.165) is 18.2 Å². The number of carbonyl (C=O) groups is 3. The highest BCUT2D eigenvalue weighted by Crippen LogP contribution is 2.23. The third-order valence-electron chi connectivity index (χ3n) is 5.07. The van der Waals surface area contributed by atoms with E-state index >= 15 is 0 Å². The van der Waals surface area contributed by atoms with Gasteiger partial charge in [-0.25, -0.2) is 8.78 Å². The Kier molecular flexibility index (Phi) is 6.49. The number of nitrogens with zero attached hydrogens (tertiary/aromatic N) is 1. The smallest absolute Gasteiger partial charge is 0.238 e. The summed E-state index contributed by atoms with van der Waals surface area (Å²) in [4.78, 5) is 38.1. The summed E-state index contributed by atoms with van der Waals surface area (Å²) in [6.07, 6.45) is 0.948. The number of hydrogen-bond donors (Lipinski definition) is 1. The summed E-state index contributed by atoms with van der Waals surface area (Å²) in [5.41, 5.74) is 0.854. The number of hydrogen-bond acceptors (Lipinski definition) is 4. The third kappa shape index (κ3) is 5.32. The lowest BCUT2D eigenvalue weighted by Gasteiger charge is -2.30. The molecule has 0 unspecified atom stereocenters. The first-order valence-corrected chi connectivity index (χ1v) is 9.46. The van der Waals surface area contributed by atoms with Gasteiger partial charge in [-0.05, 0) is 63.2 Å². The van der Waals surface area contributed by atoms with Crippen molar-refractivity contribution >= 4 is 23.2 Å². The highest BCUT2D eigenvalue weighted by atomic mass is 19.1. The van der Waals surface area contributed by atoms with Crippen molar-refractivity contribution in [2.24, 2.45) is 5.92 Å². The molecule has 1 heterocycles. The first kappa shape index (κ1) is 20.8. The lowest BCUT2D eigenvalue weighted by Crippen LogP contribution is -2.40. The summed E-state index contributed by atoms with van der Waals surface area (Å²) in [6, 6.07) is 9.60. The first-order valence-electron chi connectivity index (χ1n) is 9.46. The maximum absolute atomic E-state index is 13.8. The minimum atomic E-state index is -0.717. The number of Topliss-reactive ketones (excluding diaryl/α,β-unsaturated/α-hetero) is 2. The van der Waals surface area contributed by atoms with Crippen LogP contribution in [0.5, 0.6) is 0 Å². The maximum atomic E-state index is 13.8. The number of anilines is 1. The quantitative estimate of drug-likeness (QED) is 0.751. The van der Waals surface area contributed by atoms with Gasteiger partial charge in [0.1, 0.15) is 11.6 Å². The molecule has 2 aromatic rings. The lowest BCUT2D eigenvalue weighted by atomic mass is 9.88. The molecule has 0 saturated carbocycles. The molecule has 1 amide bonds. The van der Waals surface area contributed by atoms with E-state index in [2.05, 4.69) is 5.32 Å². The number of nitrogens with one attached hydrogen (secondary N) is 1. The van der Waals surface area contributed by atoms with Gasteiger partial charge in [-0.15, -0.1) is 0 Å². The van der Waals surface area contributed by atoms with Crippen LogP contribution in [0.4, 0.5) is 14.5 Å². The topological polar surface area (TPSA) is 66.5 Å². The average molecular weight is 400 g/mol. The van der Waals surface area contributed by atoms with E-state index in [1.165, 1.54) is 6.92 Å². The fraction of sp³-hybridized carbons (Fsp3) is 0.318. The summed E-state index contributed by atoms with van der Waals surface area (Å²) in [5, 5.41) is 2.77. The van der Waals surface area contributed by atoms with Gasteiger partial charge in [-0.1, -0.05) is 12.1 Å². The molecule has 1 aliphatic heterocycles. The number of carbonyl (C=O) groups excluding carboxylic acids is 3. The molecule has 29 heavy (non-hydrogen) atoms. The number of amides is 1. The standard InChI is InChI=1S/C22H22F2N2O3/c1-14(27)16-3-2-4-18(11-16)25-21(28)13-26-9-7-15(8-10-26)22(29)19-12-17(23)5-6-20(19)24/h2-6,11-12,15H,7-10,13H2,1H3,(H,25,28). The molecule has 3 rings (SSSR count). The van der Waals surface area contributed by atoms with Crippen molar-refractivity contribution in [1.29, 1.82) is 0 Å². The fourth-order valence-electron chi connectivity index (χ4n) is 3.48. The van der Waals surface area contributed by atoms with Crippen LogP contribution in [0.25, 0.3) is 0 Å². The van der Waals surface area contributed by atoms with E-state index in [1.54, 1.807) is 24.3 Å². The number of rotatable bonds is 6. The number of benzene rings is 2. The predicted molar refractivity (Wildman–Crippen MR) is 105 cm³/mol. The lowest BCUT2D eigenvalue weighted by molar-refractivity contribution is -0.117. The minimum absolute atomic E-state index is 0.0810. The largest absolute Gasteiger partial charge is 0.325 e. The highest BCUT2D eigenvalue weighted by molar-refractivity contribution is 5.98. The van der Waals surface area contributed by atoms with Crippen LogP contribution < -0.4 is 5.32 Å². The van der Waals surface area contributed by atoms with Crippen LogP contribution in [-0.4, -0.2) is 42.0 Å². The van der Waals surface area contributed by atoms with E-state index in [9.17, 15) is 23.2 Å². The van der Waals surface area contributed by atoms with Gasteiger partial charge in [0.25, 0.3) is 0 Å². The Morgan fingerprint density at radius 1 is 1.07 bits per heavy atom. The van der Waals surface area contributed by atoms with Gasteiger partial charge in [0.15, 0.2) is 11.6 Å². The second-order valence-corrected chi connectivity index (χ2v) is 7.22. The monoisotopic (exact) mass is 400 g/mol. The molecule has 0 aromatic heterocycles. The molecule has 1 fully saturated rings. The maximum Gasteiger partial charge on any atom is 0.238 e. The number of halogens is 2. The summed E-state index contributed by atoms with van der Waals surface area (Å²) in [5.74, 6) is -2.44. The molecule has 7 heteroatoms. The Morgan fingerprint density at radius 2 is 1.79 bits per heavy atom. The van der Waals surface area contributed by atoms with E-state index in [1.807, 2.05) is 4.90 Å². The van der Waals surface area contributed by atoms with E-state index in [0.29, 0.717) is 37.2 Å². The van der Waals surface area contributed by atoms with Gasteiger partial charge >= 0.3 is 0 Å². The zero-order chi connectivity index (χ0) is 21.0. The Hall–Kier alpha value is -2.93. The number of piperidine rings is 1. The molecule has 2 aromatic carbocycles. The fourth-order valence-corrected chi connectivity index (χ4v) is 3.48. The summed E-state index contributed by atoms with van der Waals surface area (Å²) >= 11 is 0. The zero-order valence-electron chi connectivity index (χ0n) is 16.1. The van der Waals surface area contributed by atoms with Crippen molar-refractivity contribution < 1.29 is 23.2 Å². The molecule has 0 aliphatic carbocycles. The van der Waals surface area contributed by atoms with Crippen LogP contribution in [0.15, 0.2) is 42.5 Å². The normalized spacial score (nSPS) is 15.1. The Labute approximate surface area is 167 Å². The molecular formula is C22H22F2N2O3. The van der Waals surface area contributed by atoms with Gasteiger partial charge in [0.2, 0.25) is 5.91 Å². The van der Waals surface area contributed by atoms with Crippen LogP contribution in [0.2, 0.25) is 0 Å². The summed E-state index contributed by atoms with van der Waals surface area (Å²) < 4.78 is 27.2. The van der Waals surface area contributed by atoms with Gasteiger partial charge < -0.3 is 5.32 Å². The van der Waals surface area contributed by atoms with Gasteiger partial charge in [-0.3, -0.25) is 19.3 Å².